The van der Waals surface area contributed by atoms with Crippen molar-refractivity contribution in [2.75, 3.05) is 0 Å². The Bertz CT molecular complexity index is 426. The first-order valence-corrected chi connectivity index (χ1v) is 5.99. The first-order valence-electron chi connectivity index (χ1n) is 5.61. The van der Waals surface area contributed by atoms with Gasteiger partial charge in [-0.15, -0.1) is 0 Å². The van der Waals surface area contributed by atoms with Crippen LogP contribution in [-0.2, 0) is 0 Å². The predicted molar refractivity (Wildman–Crippen MR) is 64.3 cm³/mol. The topological polar surface area (TPSA) is 12.4 Å². The molecule has 0 spiro atoms. The molecule has 0 bridgehead atoms. The van der Waals surface area contributed by atoms with Crippen molar-refractivity contribution in [3.63, 3.8) is 0 Å². The lowest BCUT2D eigenvalue weighted by molar-refractivity contribution is 0.477. The minimum Gasteiger partial charge on any atom is -0.289 e. The first-order chi connectivity index (χ1) is 7.25. The van der Waals surface area contributed by atoms with E-state index in [1.807, 2.05) is 6.21 Å². The molecule has 2 aliphatic carbocycles. The Labute approximate surface area is 95.2 Å². The van der Waals surface area contributed by atoms with Crippen molar-refractivity contribution in [2.24, 2.45) is 10.9 Å². The molecule has 0 aromatic rings. The van der Waals surface area contributed by atoms with E-state index in [1.165, 1.54) is 36.0 Å². The normalized spacial score (nSPS) is 33.5. The summed E-state index contributed by atoms with van der Waals surface area (Å²) in [5, 5.41) is 0.876. The molecule has 1 nitrogen and oxygen atoms in total. The molecule has 0 aromatic carbocycles. The highest BCUT2D eigenvalue weighted by atomic mass is 35.5. The molecule has 0 N–H and O–H groups in total. The molecule has 2 atom stereocenters. The van der Waals surface area contributed by atoms with Crippen LogP contribution in [-0.4, -0.2) is 12.3 Å². The van der Waals surface area contributed by atoms with Crippen LogP contribution in [0.15, 0.2) is 38.9 Å². The van der Waals surface area contributed by atoms with E-state index in [0.29, 0.717) is 12.0 Å². The minimum absolute atomic E-state index is 0.435. The molecule has 78 valence electrons. The van der Waals surface area contributed by atoms with Crippen LogP contribution < -0.4 is 0 Å². The van der Waals surface area contributed by atoms with Crippen molar-refractivity contribution in [3.05, 3.63) is 33.9 Å². The Morgan fingerprint density at radius 3 is 3.20 bits per heavy atom. The summed E-state index contributed by atoms with van der Waals surface area (Å²) < 4.78 is 0. The van der Waals surface area contributed by atoms with Gasteiger partial charge in [0.25, 0.3) is 0 Å². The van der Waals surface area contributed by atoms with E-state index in [2.05, 4.69) is 24.1 Å². The highest BCUT2D eigenvalue weighted by molar-refractivity contribution is 6.35. The van der Waals surface area contributed by atoms with Crippen molar-refractivity contribution in [1.29, 1.82) is 0 Å². The number of allylic oxidation sites excluding steroid dienone is 6. The molecule has 0 amide bonds. The molecule has 3 aliphatic rings. The number of aliphatic imine (C=N–C) groups is 1. The summed E-state index contributed by atoms with van der Waals surface area (Å²) >= 11 is 6.24. The molecule has 0 aromatic heterocycles. The number of hydrogen-bond donors (Lipinski definition) is 0. The molecule has 2 heteroatoms. The van der Waals surface area contributed by atoms with Crippen LogP contribution >= 0.6 is 11.6 Å². The van der Waals surface area contributed by atoms with Crippen LogP contribution in [0, 0.1) is 5.92 Å². The van der Waals surface area contributed by atoms with Crippen LogP contribution in [0.1, 0.15) is 26.2 Å². The summed E-state index contributed by atoms with van der Waals surface area (Å²) in [5.41, 5.74) is 3.99. The predicted octanol–water partition coefficient (Wildman–Crippen LogP) is 3.62. The van der Waals surface area contributed by atoms with E-state index >= 15 is 0 Å². The molecule has 1 aliphatic heterocycles. The van der Waals surface area contributed by atoms with E-state index in [4.69, 9.17) is 11.6 Å². The van der Waals surface area contributed by atoms with E-state index < -0.39 is 0 Å². The van der Waals surface area contributed by atoms with E-state index in [-0.39, 0.29) is 0 Å². The van der Waals surface area contributed by atoms with Crippen molar-refractivity contribution < 1.29 is 0 Å². The van der Waals surface area contributed by atoms with Gasteiger partial charge < -0.3 is 0 Å². The molecule has 2 unspecified atom stereocenters. The van der Waals surface area contributed by atoms with Crippen molar-refractivity contribution in [2.45, 2.75) is 32.2 Å². The zero-order chi connectivity index (χ0) is 10.4. The molecule has 1 heterocycles. The molecule has 0 radical (unpaired) electrons. The Morgan fingerprint density at radius 1 is 1.47 bits per heavy atom. The maximum atomic E-state index is 6.24. The van der Waals surface area contributed by atoms with Crippen molar-refractivity contribution in [3.8, 4) is 0 Å². The van der Waals surface area contributed by atoms with Crippen LogP contribution in [0.25, 0.3) is 0 Å². The van der Waals surface area contributed by atoms with Gasteiger partial charge in [-0.05, 0) is 49.3 Å². The van der Waals surface area contributed by atoms with Crippen LogP contribution in [0.3, 0.4) is 0 Å². The molecule has 0 saturated heterocycles. The second-order valence-electron chi connectivity index (χ2n) is 4.62. The second kappa shape index (κ2) is 3.34. The van der Waals surface area contributed by atoms with E-state index in [0.717, 1.165) is 5.03 Å². The monoisotopic (exact) mass is 219 g/mol. The highest BCUT2D eigenvalue weighted by Gasteiger charge is 2.31. The van der Waals surface area contributed by atoms with Crippen LogP contribution in [0.2, 0.25) is 0 Å². The Balaban J connectivity index is 2.14. The second-order valence-corrected chi connectivity index (χ2v) is 5.02. The fraction of sp³-hybridized carbons (Fsp3) is 0.462. The smallest absolute Gasteiger partial charge is 0.0502 e. The molecular weight excluding hydrogens is 206 g/mol. The van der Waals surface area contributed by atoms with E-state index in [9.17, 15) is 0 Å². The number of halogens is 1. The summed E-state index contributed by atoms with van der Waals surface area (Å²) in [7, 11) is 0. The van der Waals surface area contributed by atoms with Gasteiger partial charge in [0, 0.05) is 17.8 Å². The Hall–Kier alpha value is -0.820. The van der Waals surface area contributed by atoms with Gasteiger partial charge in [-0.3, -0.25) is 4.99 Å². The minimum atomic E-state index is 0.435. The average Bonchev–Trinajstić information content (AvgIpc) is 2.40. The lowest BCUT2D eigenvalue weighted by atomic mass is 9.81. The molecular formula is C13H14ClN. The standard InChI is InChI=1S/C13H14ClN/c1-8-5-9-3-2-4-10-6-12(14)11(7-15-8)13(9)10/h4,6-9H,2-3,5H2,1H3. The van der Waals surface area contributed by atoms with Gasteiger partial charge in [0.2, 0.25) is 0 Å². The number of rotatable bonds is 0. The third-order valence-corrected chi connectivity index (χ3v) is 3.82. The van der Waals surface area contributed by atoms with Crippen molar-refractivity contribution >= 4 is 17.8 Å². The number of hydrogen-bond acceptors (Lipinski definition) is 1. The van der Waals surface area contributed by atoms with Crippen molar-refractivity contribution in [1.82, 2.24) is 0 Å². The maximum absolute atomic E-state index is 6.24. The molecule has 0 fully saturated rings. The summed E-state index contributed by atoms with van der Waals surface area (Å²) in [6, 6.07) is 0.435. The Morgan fingerprint density at radius 2 is 2.33 bits per heavy atom. The molecule has 3 rings (SSSR count). The average molecular weight is 220 g/mol. The van der Waals surface area contributed by atoms with Gasteiger partial charge in [-0.25, -0.2) is 0 Å². The maximum Gasteiger partial charge on any atom is 0.0502 e. The van der Waals surface area contributed by atoms with Crippen LogP contribution in [0.5, 0.6) is 0 Å². The Kier molecular flexibility index (Phi) is 2.10. The largest absolute Gasteiger partial charge is 0.289 e. The van der Waals surface area contributed by atoms with Gasteiger partial charge in [0.05, 0.1) is 5.03 Å². The lowest BCUT2D eigenvalue weighted by Gasteiger charge is -2.24. The zero-order valence-corrected chi connectivity index (χ0v) is 9.59. The van der Waals surface area contributed by atoms with Crippen LogP contribution in [0.4, 0.5) is 0 Å². The lowest BCUT2D eigenvalue weighted by Crippen LogP contribution is -2.13. The summed E-state index contributed by atoms with van der Waals surface area (Å²) in [6.45, 7) is 2.19. The van der Waals surface area contributed by atoms with Gasteiger partial charge in [0.15, 0.2) is 0 Å². The fourth-order valence-electron chi connectivity index (χ4n) is 2.83. The summed E-state index contributed by atoms with van der Waals surface area (Å²) in [5.74, 6) is 0.671. The van der Waals surface area contributed by atoms with Gasteiger partial charge in [-0.1, -0.05) is 17.7 Å². The third-order valence-electron chi connectivity index (χ3n) is 3.51. The SMILES string of the molecule is CC1CC2CCC=C3C=C(Cl)C(=C32)C=N1. The van der Waals surface area contributed by atoms with Gasteiger partial charge in [0.1, 0.15) is 0 Å². The zero-order valence-electron chi connectivity index (χ0n) is 8.83. The quantitative estimate of drug-likeness (QED) is 0.590. The fourth-order valence-corrected chi connectivity index (χ4v) is 3.09. The first kappa shape index (κ1) is 9.41. The third kappa shape index (κ3) is 1.41. The number of nitrogens with zero attached hydrogens (tertiary/aromatic N) is 1. The highest BCUT2D eigenvalue weighted by Crippen LogP contribution is 2.44. The summed E-state index contributed by atoms with van der Waals surface area (Å²) in [6.07, 6.45) is 10.00. The molecule has 0 saturated carbocycles. The molecule has 15 heavy (non-hydrogen) atoms. The van der Waals surface area contributed by atoms with Gasteiger partial charge in [-0.2, -0.15) is 0 Å². The van der Waals surface area contributed by atoms with E-state index in [1.54, 1.807) is 0 Å². The summed E-state index contributed by atoms with van der Waals surface area (Å²) in [4.78, 5) is 4.54. The van der Waals surface area contributed by atoms with Gasteiger partial charge >= 0.3 is 0 Å².